The predicted octanol–water partition coefficient (Wildman–Crippen LogP) is 4.12. The fraction of sp³-hybridized carbons (Fsp3) is 0.708. The van der Waals surface area contributed by atoms with Crippen molar-refractivity contribution in [2.75, 3.05) is 13.1 Å². The van der Waals surface area contributed by atoms with Gasteiger partial charge in [0.1, 0.15) is 0 Å². The number of carbonyl (C=O) groups excluding carboxylic acids is 1. The molecule has 4 rings (SSSR count). The maximum absolute atomic E-state index is 12.8. The molecule has 1 heterocycles. The summed E-state index contributed by atoms with van der Waals surface area (Å²) < 4.78 is 27.1. The zero-order valence-electron chi connectivity index (χ0n) is 18.6. The normalized spacial score (nSPS) is 31.0. The highest BCUT2D eigenvalue weighted by Crippen LogP contribution is 2.65. The van der Waals surface area contributed by atoms with Gasteiger partial charge < -0.3 is 5.32 Å². The molecule has 3 atom stereocenters. The zero-order valence-corrected chi connectivity index (χ0v) is 19.4. The summed E-state index contributed by atoms with van der Waals surface area (Å²) >= 11 is 0. The molecule has 2 bridgehead atoms. The standard InChI is InChI=1S/C24H36N2O3S/c1-23(2)19-13-14-24(23,3)21(17-19)25-22(27)12-9-18-7-10-20(11-8-18)30(28,29)26-15-5-4-6-16-26/h7-8,10-11,19,21H,4-6,9,12-17H2,1-3H3,(H,25,27). The molecule has 3 fully saturated rings. The average Bonchev–Trinajstić information content (AvgIpc) is 3.07. The summed E-state index contributed by atoms with van der Waals surface area (Å²) in [4.78, 5) is 13.0. The third kappa shape index (κ3) is 3.70. The van der Waals surface area contributed by atoms with Gasteiger partial charge in [0.2, 0.25) is 15.9 Å². The van der Waals surface area contributed by atoms with Gasteiger partial charge in [-0.15, -0.1) is 0 Å². The van der Waals surface area contributed by atoms with Crippen LogP contribution in [-0.2, 0) is 21.2 Å². The van der Waals surface area contributed by atoms with Gasteiger partial charge in [-0.3, -0.25) is 4.79 Å². The summed E-state index contributed by atoms with van der Waals surface area (Å²) in [5.74, 6) is 0.816. The van der Waals surface area contributed by atoms with Crippen molar-refractivity contribution in [3.05, 3.63) is 29.8 Å². The molecule has 1 saturated heterocycles. The number of amides is 1. The minimum absolute atomic E-state index is 0.106. The molecule has 0 aromatic heterocycles. The minimum atomic E-state index is -3.39. The van der Waals surface area contributed by atoms with E-state index in [9.17, 15) is 13.2 Å². The molecule has 166 valence electrons. The first-order chi connectivity index (χ1) is 14.1. The van der Waals surface area contributed by atoms with E-state index in [2.05, 4.69) is 26.1 Å². The second-order valence-electron chi connectivity index (χ2n) is 10.3. The van der Waals surface area contributed by atoms with Gasteiger partial charge in [0.25, 0.3) is 0 Å². The first-order valence-corrected chi connectivity index (χ1v) is 13.0. The van der Waals surface area contributed by atoms with Crippen LogP contribution in [0.1, 0.15) is 71.3 Å². The maximum Gasteiger partial charge on any atom is 0.243 e. The fourth-order valence-electron chi connectivity index (χ4n) is 6.03. The van der Waals surface area contributed by atoms with Crippen molar-refractivity contribution in [1.82, 2.24) is 9.62 Å². The van der Waals surface area contributed by atoms with Gasteiger partial charge in [0.05, 0.1) is 4.90 Å². The van der Waals surface area contributed by atoms with Gasteiger partial charge in [0, 0.05) is 25.6 Å². The van der Waals surface area contributed by atoms with Crippen LogP contribution in [0.3, 0.4) is 0 Å². The topological polar surface area (TPSA) is 66.5 Å². The van der Waals surface area contributed by atoms with Gasteiger partial charge >= 0.3 is 0 Å². The summed E-state index contributed by atoms with van der Waals surface area (Å²) in [6.07, 6.45) is 7.62. The van der Waals surface area contributed by atoms with Crippen LogP contribution in [0, 0.1) is 16.7 Å². The molecule has 30 heavy (non-hydrogen) atoms. The molecule has 5 nitrogen and oxygen atoms in total. The van der Waals surface area contributed by atoms with E-state index < -0.39 is 10.0 Å². The van der Waals surface area contributed by atoms with E-state index in [1.165, 1.54) is 12.8 Å². The van der Waals surface area contributed by atoms with Crippen molar-refractivity contribution in [2.45, 2.75) is 83.1 Å². The smallest absolute Gasteiger partial charge is 0.243 e. The number of piperidine rings is 1. The largest absolute Gasteiger partial charge is 0.353 e. The van der Waals surface area contributed by atoms with Gasteiger partial charge in [-0.2, -0.15) is 4.31 Å². The van der Waals surface area contributed by atoms with Gasteiger partial charge in [-0.25, -0.2) is 8.42 Å². The third-order valence-electron chi connectivity index (χ3n) is 8.65. The summed E-state index contributed by atoms with van der Waals surface area (Å²) in [5, 5.41) is 3.31. The first-order valence-electron chi connectivity index (χ1n) is 11.5. The number of sulfonamides is 1. The van der Waals surface area contributed by atoms with Crippen LogP contribution in [0.2, 0.25) is 0 Å². The molecule has 2 aliphatic carbocycles. The SMILES string of the molecule is CC1(C)C2CCC1(C)C(NC(=O)CCc1ccc(S(=O)(=O)N3CCCCC3)cc1)C2. The molecule has 0 spiro atoms. The summed E-state index contributed by atoms with van der Waals surface area (Å²) in [6, 6.07) is 7.36. The Morgan fingerprint density at radius 2 is 1.77 bits per heavy atom. The molecule has 1 amide bonds. The summed E-state index contributed by atoms with van der Waals surface area (Å²) in [7, 11) is -3.39. The Kier molecular flexibility index (Phi) is 5.77. The second-order valence-corrected chi connectivity index (χ2v) is 12.3. The number of carbonyl (C=O) groups is 1. The Morgan fingerprint density at radius 1 is 1.10 bits per heavy atom. The van der Waals surface area contributed by atoms with E-state index in [-0.39, 0.29) is 17.4 Å². The molecule has 2 saturated carbocycles. The molecule has 3 unspecified atom stereocenters. The number of nitrogens with zero attached hydrogens (tertiary/aromatic N) is 1. The van der Waals surface area contributed by atoms with Crippen molar-refractivity contribution in [3.63, 3.8) is 0 Å². The van der Waals surface area contributed by atoms with E-state index in [0.29, 0.717) is 42.2 Å². The lowest BCUT2D eigenvalue weighted by Crippen LogP contribution is -2.46. The van der Waals surface area contributed by atoms with Crippen molar-refractivity contribution in [1.29, 1.82) is 0 Å². The van der Waals surface area contributed by atoms with Crippen LogP contribution in [0.4, 0.5) is 0 Å². The van der Waals surface area contributed by atoms with Crippen molar-refractivity contribution in [3.8, 4) is 0 Å². The Morgan fingerprint density at radius 3 is 2.33 bits per heavy atom. The second kappa shape index (κ2) is 7.94. The molecular formula is C24H36N2O3S. The van der Waals surface area contributed by atoms with Gasteiger partial charge in [-0.1, -0.05) is 39.3 Å². The number of rotatable bonds is 6. The molecular weight excluding hydrogens is 396 g/mol. The number of benzene rings is 1. The molecule has 6 heteroatoms. The Hall–Kier alpha value is -1.40. The van der Waals surface area contributed by atoms with Crippen LogP contribution in [0.25, 0.3) is 0 Å². The van der Waals surface area contributed by atoms with E-state index in [1.54, 1.807) is 16.4 Å². The maximum atomic E-state index is 12.8. The molecule has 1 aliphatic heterocycles. The Bertz CT molecular complexity index is 888. The molecule has 1 aromatic rings. The van der Waals surface area contributed by atoms with Crippen LogP contribution in [0.5, 0.6) is 0 Å². The van der Waals surface area contributed by atoms with Crippen LogP contribution < -0.4 is 5.32 Å². The average molecular weight is 433 g/mol. The number of aryl methyl sites for hydroxylation is 1. The monoisotopic (exact) mass is 432 g/mol. The van der Waals surface area contributed by atoms with Crippen LogP contribution in [0.15, 0.2) is 29.2 Å². The Balaban J connectivity index is 1.32. The molecule has 1 aromatic carbocycles. The fourth-order valence-corrected chi connectivity index (χ4v) is 7.55. The lowest BCUT2D eigenvalue weighted by atomic mass is 9.69. The number of nitrogens with one attached hydrogen (secondary N) is 1. The first kappa shape index (κ1) is 21.8. The third-order valence-corrected chi connectivity index (χ3v) is 10.6. The molecule has 3 aliphatic rings. The van der Waals surface area contributed by atoms with E-state index in [0.717, 1.165) is 31.2 Å². The summed E-state index contributed by atoms with van der Waals surface area (Å²) in [5.41, 5.74) is 1.49. The highest BCUT2D eigenvalue weighted by atomic mass is 32.2. The van der Waals surface area contributed by atoms with E-state index >= 15 is 0 Å². The van der Waals surface area contributed by atoms with Gasteiger partial charge in [-0.05, 0) is 73.0 Å². The van der Waals surface area contributed by atoms with Crippen LogP contribution in [-0.4, -0.2) is 37.8 Å². The number of hydrogen-bond acceptors (Lipinski definition) is 3. The highest BCUT2D eigenvalue weighted by molar-refractivity contribution is 7.89. The quantitative estimate of drug-likeness (QED) is 0.735. The lowest BCUT2D eigenvalue weighted by molar-refractivity contribution is -0.122. The predicted molar refractivity (Wildman–Crippen MR) is 119 cm³/mol. The van der Waals surface area contributed by atoms with Crippen LogP contribution >= 0.6 is 0 Å². The Labute approximate surface area is 181 Å². The van der Waals surface area contributed by atoms with Crippen molar-refractivity contribution in [2.24, 2.45) is 16.7 Å². The van der Waals surface area contributed by atoms with E-state index in [1.807, 2.05) is 12.1 Å². The highest BCUT2D eigenvalue weighted by Gasteiger charge is 2.61. The number of fused-ring (bicyclic) bond motifs is 2. The minimum Gasteiger partial charge on any atom is -0.353 e. The molecule has 1 N–H and O–H groups in total. The zero-order chi connectivity index (χ0) is 21.6. The lowest BCUT2D eigenvalue weighted by Gasteiger charge is -2.39. The molecule has 0 radical (unpaired) electrons. The number of hydrogen-bond donors (Lipinski definition) is 1. The summed E-state index contributed by atoms with van der Waals surface area (Å²) in [6.45, 7) is 8.28. The van der Waals surface area contributed by atoms with Gasteiger partial charge in [0.15, 0.2) is 0 Å². The van der Waals surface area contributed by atoms with Crippen molar-refractivity contribution < 1.29 is 13.2 Å². The van der Waals surface area contributed by atoms with Crippen molar-refractivity contribution >= 4 is 15.9 Å². The van der Waals surface area contributed by atoms with E-state index in [4.69, 9.17) is 0 Å².